The third kappa shape index (κ3) is 11.6. The van der Waals surface area contributed by atoms with Crippen molar-refractivity contribution in [3.05, 3.63) is 0 Å². The lowest BCUT2D eigenvalue weighted by Crippen LogP contribution is -2.24. The molecule has 2 radical (unpaired) electrons. The van der Waals surface area contributed by atoms with Gasteiger partial charge in [-0.1, -0.05) is 32.7 Å². The molecule has 0 aliphatic rings. The summed E-state index contributed by atoms with van der Waals surface area (Å²) in [4.78, 5) is 0. The van der Waals surface area contributed by atoms with Crippen LogP contribution in [0.15, 0.2) is 0 Å². The Morgan fingerprint density at radius 3 is 1.76 bits per heavy atom. The summed E-state index contributed by atoms with van der Waals surface area (Å²) in [6.07, 6.45) is 8.40. The summed E-state index contributed by atoms with van der Waals surface area (Å²) >= 11 is 0. The zero-order valence-electron chi connectivity index (χ0n) is 14.5. The van der Waals surface area contributed by atoms with Crippen LogP contribution in [0, 0.1) is 0 Å². The van der Waals surface area contributed by atoms with Crippen molar-refractivity contribution in [2.24, 2.45) is 0 Å². The average molecular weight is 335 g/mol. The summed E-state index contributed by atoms with van der Waals surface area (Å²) < 4.78 is 24.1. The lowest BCUT2D eigenvalue weighted by molar-refractivity contribution is -0.0827. The average Bonchev–Trinajstić information content (AvgIpc) is 2.48. The Labute approximate surface area is 134 Å². The first kappa shape index (κ1) is 21.4. The zero-order chi connectivity index (χ0) is 16.0. The molecule has 0 aliphatic heterocycles. The highest BCUT2D eigenvalue weighted by atomic mass is 31.2. The minimum absolute atomic E-state index is 0.0503. The smallest absolute Gasteiger partial charge is 0.137 e. The van der Waals surface area contributed by atoms with Gasteiger partial charge in [0.1, 0.15) is 15.4 Å². The fraction of sp³-hybridized carbons (Fsp3) is 1.00. The van der Waals surface area contributed by atoms with Crippen LogP contribution in [0.1, 0.15) is 59.8 Å². The summed E-state index contributed by atoms with van der Waals surface area (Å²) in [5.74, 6) is -0.0503. The molecule has 5 heteroatoms. The van der Waals surface area contributed by atoms with Crippen LogP contribution in [0.4, 0.5) is 0 Å². The molecule has 0 N–H and O–H groups in total. The standard InChI is InChI=1S/C16H35O3PSi/c1-5-9-12-20(17,13-10-6-2)14-11-15-21-16(18-7-3)19-8-4/h16H,5-15H2,1-4H3. The molecule has 21 heavy (non-hydrogen) atoms. The fourth-order valence-corrected chi connectivity index (χ4v) is 6.96. The molecule has 0 atom stereocenters. The van der Waals surface area contributed by atoms with Gasteiger partial charge >= 0.3 is 0 Å². The van der Waals surface area contributed by atoms with Crippen molar-refractivity contribution in [1.82, 2.24) is 0 Å². The predicted molar refractivity (Wildman–Crippen MR) is 94.2 cm³/mol. The predicted octanol–water partition coefficient (Wildman–Crippen LogP) is 4.82. The van der Waals surface area contributed by atoms with Crippen LogP contribution >= 0.6 is 7.14 Å². The maximum absolute atomic E-state index is 13.0. The van der Waals surface area contributed by atoms with Gasteiger partial charge in [0, 0.05) is 31.7 Å². The SMILES string of the molecule is CCCCP(=O)(CCCC)CCC[Si]C(OCC)OCC. The van der Waals surface area contributed by atoms with Gasteiger partial charge < -0.3 is 14.0 Å². The fourth-order valence-electron chi connectivity index (χ4n) is 2.28. The molecule has 0 aromatic rings. The Bertz CT molecular complexity index is 256. The molecule has 0 fully saturated rings. The first-order chi connectivity index (χ1) is 10.1. The van der Waals surface area contributed by atoms with Crippen molar-refractivity contribution in [2.45, 2.75) is 71.8 Å². The molecule has 0 unspecified atom stereocenters. The Hall–Kier alpha value is 0.367. The van der Waals surface area contributed by atoms with Gasteiger partial charge in [-0.3, -0.25) is 0 Å². The molecule has 0 amide bonds. The second-order valence-electron chi connectivity index (χ2n) is 5.49. The maximum atomic E-state index is 13.0. The van der Waals surface area contributed by atoms with E-state index in [1.165, 1.54) is 0 Å². The molecular formula is C16H35O3PSi. The van der Waals surface area contributed by atoms with E-state index in [0.29, 0.717) is 22.7 Å². The van der Waals surface area contributed by atoms with Crippen LogP contribution < -0.4 is 0 Å². The van der Waals surface area contributed by atoms with E-state index in [2.05, 4.69) is 13.8 Å². The lowest BCUT2D eigenvalue weighted by atomic mass is 10.4. The van der Waals surface area contributed by atoms with Crippen LogP contribution in [0.5, 0.6) is 0 Å². The Morgan fingerprint density at radius 2 is 1.33 bits per heavy atom. The quantitative estimate of drug-likeness (QED) is 0.186. The van der Waals surface area contributed by atoms with Crippen LogP contribution in [0.3, 0.4) is 0 Å². The Kier molecular flexibility index (Phi) is 14.2. The molecule has 0 spiro atoms. The molecular weight excluding hydrogens is 299 g/mol. The van der Waals surface area contributed by atoms with E-state index in [-0.39, 0.29) is 5.91 Å². The molecule has 0 aromatic heterocycles. The number of rotatable bonds is 15. The van der Waals surface area contributed by atoms with E-state index in [1.807, 2.05) is 13.8 Å². The Morgan fingerprint density at radius 1 is 0.857 bits per heavy atom. The van der Waals surface area contributed by atoms with E-state index in [9.17, 15) is 4.57 Å². The zero-order valence-corrected chi connectivity index (χ0v) is 16.4. The third-order valence-corrected chi connectivity index (χ3v) is 8.23. The van der Waals surface area contributed by atoms with E-state index < -0.39 is 7.14 Å². The van der Waals surface area contributed by atoms with E-state index >= 15 is 0 Å². The van der Waals surface area contributed by atoms with Crippen molar-refractivity contribution in [3.63, 3.8) is 0 Å². The second-order valence-corrected chi connectivity index (χ2v) is 10.3. The summed E-state index contributed by atoms with van der Waals surface area (Å²) in [5, 5.41) is 0. The highest BCUT2D eigenvalue weighted by molar-refractivity contribution is 7.63. The van der Waals surface area contributed by atoms with Gasteiger partial charge in [0.25, 0.3) is 0 Å². The minimum Gasteiger partial charge on any atom is -0.357 e. The largest absolute Gasteiger partial charge is 0.357 e. The van der Waals surface area contributed by atoms with Gasteiger partial charge in [0.2, 0.25) is 0 Å². The van der Waals surface area contributed by atoms with Crippen molar-refractivity contribution in [2.75, 3.05) is 31.7 Å². The van der Waals surface area contributed by atoms with Gasteiger partial charge in [-0.15, -0.1) is 0 Å². The molecule has 0 saturated heterocycles. The van der Waals surface area contributed by atoms with Gasteiger partial charge in [-0.05, 0) is 33.1 Å². The topological polar surface area (TPSA) is 35.5 Å². The molecule has 126 valence electrons. The van der Waals surface area contributed by atoms with Crippen molar-refractivity contribution < 1.29 is 14.0 Å². The normalized spacial score (nSPS) is 12.2. The number of hydrogen-bond acceptors (Lipinski definition) is 3. The number of ether oxygens (including phenoxy) is 2. The Balaban J connectivity index is 4.07. The first-order valence-corrected chi connectivity index (χ1v) is 12.2. The van der Waals surface area contributed by atoms with Crippen molar-refractivity contribution >= 4 is 16.7 Å². The van der Waals surface area contributed by atoms with Crippen molar-refractivity contribution in [3.8, 4) is 0 Å². The molecule has 0 aromatic carbocycles. The monoisotopic (exact) mass is 334 g/mol. The molecule has 0 bridgehead atoms. The minimum atomic E-state index is -1.92. The number of hydrogen-bond donors (Lipinski definition) is 0. The first-order valence-electron chi connectivity index (χ1n) is 8.65. The molecule has 0 rings (SSSR count). The molecule has 3 nitrogen and oxygen atoms in total. The van der Waals surface area contributed by atoms with Crippen LogP contribution in [0.25, 0.3) is 0 Å². The van der Waals surface area contributed by atoms with Crippen LogP contribution in [-0.4, -0.2) is 47.1 Å². The summed E-state index contributed by atoms with van der Waals surface area (Å²) in [6.45, 7) is 9.76. The highest BCUT2D eigenvalue weighted by Gasteiger charge is 2.20. The van der Waals surface area contributed by atoms with Crippen molar-refractivity contribution in [1.29, 1.82) is 0 Å². The van der Waals surface area contributed by atoms with Gasteiger partial charge in [-0.25, -0.2) is 0 Å². The van der Waals surface area contributed by atoms with Crippen LogP contribution in [-0.2, 0) is 14.0 Å². The van der Waals surface area contributed by atoms with Gasteiger partial charge in [0.05, 0.1) is 7.14 Å². The molecule has 0 heterocycles. The van der Waals surface area contributed by atoms with E-state index in [4.69, 9.17) is 9.47 Å². The summed E-state index contributed by atoms with van der Waals surface area (Å²) in [6, 6.07) is 1.08. The summed E-state index contributed by atoms with van der Waals surface area (Å²) in [5.41, 5.74) is 0. The number of unbranched alkanes of at least 4 members (excludes halogenated alkanes) is 2. The van der Waals surface area contributed by atoms with E-state index in [0.717, 1.165) is 56.6 Å². The lowest BCUT2D eigenvalue weighted by Gasteiger charge is -2.19. The third-order valence-electron chi connectivity index (χ3n) is 3.53. The van der Waals surface area contributed by atoms with Gasteiger partial charge in [-0.2, -0.15) is 0 Å². The van der Waals surface area contributed by atoms with E-state index in [1.54, 1.807) is 0 Å². The maximum Gasteiger partial charge on any atom is 0.137 e. The summed E-state index contributed by atoms with van der Waals surface area (Å²) in [7, 11) is -1.26. The second kappa shape index (κ2) is 14.0. The van der Waals surface area contributed by atoms with Crippen LogP contribution in [0.2, 0.25) is 6.04 Å². The molecule has 0 saturated carbocycles. The van der Waals surface area contributed by atoms with Gasteiger partial charge in [0.15, 0.2) is 0 Å². The highest BCUT2D eigenvalue weighted by Crippen LogP contribution is 2.48. The molecule has 0 aliphatic carbocycles.